The Balaban J connectivity index is 1.67. The molecule has 0 bridgehead atoms. The first-order valence-electron chi connectivity index (χ1n) is 9.17. The van der Waals surface area contributed by atoms with Gasteiger partial charge in [-0.2, -0.15) is 0 Å². The van der Waals surface area contributed by atoms with Gasteiger partial charge in [0.1, 0.15) is 12.4 Å². The summed E-state index contributed by atoms with van der Waals surface area (Å²) in [5, 5.41) is 9.67. The number of carbonyl (C=O) groups is 1. The van der Waals surface area contributed by atoms with E-state index in [2.05, 4.69) is 4.99 Å². The first-order chi connectivity index (χ1) is 14.5. The second-order valence-electron chi connectivity index (χ2n) is 6.29. The summed E-state index contributed by atoms with van der Waals surface area (Å²) in [6, 6.07) is 17.3. The minimum atomic E-state index is -0.976. The number of ether oxygens (including phenoxy) is 2. The topological polar surface area (TPSA) is 68.1 Å². The highest BCUT2D eigenvalue weighted by atomic mass is 35.5. The van der Waals surface area contributed by atoms with Gasteiger partial charge in [0.25, 0.3) is 0 Å². The Morgan fingerprint density at radius 3 is 2.20 bits per heavy atom. The van der Waals surface area contributed by atoms with E-state index in [-0.39, 0.29) is 12.2 Å². The Bertz CT molecular complexity index is 1020. The summed E-state index contributed by atoms with van der Waals surface area (Å²) < 4.78 is 11.2. The molecule has 1 N–H and O–H groups in total. The van der Waals surface area contributed by atoms with Crippen molar-refractivity contribution in [3.8, 4) is 11.5 Å². The van der Waals surface area contributed by atoms with E-state index in [0.29, 0.717) is 22.4 Å². The Labute approximate surface area is 184 Å². The first-order valence-corrected chi connectivity index (χ1v) is 9.93. The van der Waals surface area contributed by atoms with Crippen LogP contribution < -0.4 is 9.47 Å². The van der Waals surface area contributed by atoms with Crippen molar-refractivity contribution in [1.82, 2.24) is 0 Å². The third-order valence-corrected chi connectivity index (χ3v) is 4.68. The number of nitrogens with zero attached hydrogens (tertiary/aromatic N) is 1. The van der Waals surface area contributed by atoms with E-state index in [0.717, 1.165) is 22.6 Å². The van der Waals surface area contributed by atoms with Crippen molar-refractivity contribution < 1.29 is 19.4 Å². The quantitative estimate of drug-likeness (QED) is 0.407. The van der Waals surface area contributed by atoms with Gasteiger partial charge in [-0.1, -0.05) is 35.3 Å². The van der Waals surface area contributed by atoms with Gasteiger partial charge in [0.15, 0.2) is 5.75 Å². The number of carboxylic acid groups (broad SMARTS) is 1. The lowest BCUT2D eigenvalue weighted by molar-refractivity contribution is 0.0697. The third kappa shape index (κ3) is 5.75. The molecule has 0 heterocycles. The van der Waals surface area contributed by atoms with Gasteiger partial charge in [-0.15, -0.1) is 0 Å². The van der Waals surface area contributed by atoms with Crippen LogP contribution in [0.5, 0.6) is 11.5 Å². The maximum atomic E-state index is 10.9. The molecule has 0 aromatic heterocycles. The molecule has 0 amide bonds. The van der Waals surface area contributed by atoms with Crippen LogP contribution >= 0.6 is 23.2 Å². The third-order valence-electron chi connectivity index (χ3n) is 4.12. The molecule has 3 aromatic carbocycles. The molecule has 0 spiro atoms. The smallest absolute Gasteiger partial charge is 0.335 e. The Morgan fingerprint density at radius 1 is 1.00 bits per heavy atom. The first kappa shape index (κ1) is 21.7. The fraction of sp³-hybridized carbons (Fsp3) is 0.130. The van der Waals surface area contributed by atoms with Gasteiger partial charge < -0.3 is 14.6 Å². The van der Waals surface area contributed by atoms with E-state index in [1.54, 1.807) is 30.5 Å². The number of carboxylic acids is 1. The predicted octanol–water partition coefficient (Wildman–Crippen LogP) is 6.42. The maximum absolute atomic E-state index is 10.9. The lowest BCUT2D eigenvalue weighted by atomic mass is 10.1. The molecule has 3 rings (SSSR count). The van der Waals surface area contributed by atoms with E-state index in [1.165, 1.54) is 12.1 Å². The molecule has 0 saturated heterocycles. The predicted molar refractivity (Wildman–Crippen MR) is 119 cm³/mol. The summed E-state index contributed by atoms with van der Waals surface area (Å²) in [7, 11) is 0. The van der Waals surface area contributed by atoms with Crippen LogP contribution in [0.3, 0.4) is 0 Å². The summed E-state index contributed by atoms with van der Waals surface area (Å²) in [6.07, 6.45) is 1.67. The Morgan fingerprint density at radius 2 is 1.63 bits per heavy atom. The Hall–Kier alpha value is -3.02. The van der Waals surface area contributed by atoms with E-state index < -0.39 is 5.97 Å². The van der Waals surface area contributed by atoms with E-state index >= 15 is 0 Å². The van der Waals surface area contributed by atoms with Crippen LogP contribution in [-0.2, 0) is 6.61 Å². The van der Waals surface area contributed by atoms with E-state index in [9.17, 15) is 4.79 Å². The number of aliphatic imine (C=N–C) groups is 1. The number of benzene rings is 3. The standard InChI is InChI=1S/C23H19Cl2NO4/c1-2-29-19-9-7-18(8-10-19)26-13-16-11-20(24)22(21(25)12-16)30-14-15-3-5-17(6-4-15)23(27)28/h3-13H,2,14H2,1H3,(H,27,28). The molecule has 7 heteroatoms. The lowest BCUT2D eigenvalue weighted by Crippen LogP contribution is -2.00. The lowest BCUT2D eigenvalue weighted by Gasteiger charge is -2.11. The monoisotopic (exact) mass is 443 g/mol. The Kier molecular flexibility index (Phi) is 7.33. The van der Waals surface area contributed by atoms with Crippen LogP contribution in [0.1, 0.15) is 28.4 Å². The molecule has 5 nitrogen and oxygen atoms in total. The molecule has 0 aliphatic rings. The average molecular weight is 444 g/mol. The van der Waals surface area contributed by atoms with Crippen molar-refractivity contribution in [3.63, 3.8) is 0 Å². The summed E-state index contributed by atoms with van der Waals surface area (Å²) in [4.78, 5) is 15.3. The highest BCUT2D eigenvalue weighted by molar-refractivity contribution is 6.37. The van der Waals surface area contributed by atoms with Crippen molar-refractivity contribution in [2.75, 3.05) is 6.61 Å². The van der Waals surface area contributed by atoms with Crippen molar-refractivity contribution in [3.05, 3.63) is 87.4 Å². The second-order valence-corrected chi connectivity index (χ2v) is 7.10. The minimum absolute atomic E-state index is 0.207. The highest BCUT2D eigenvalue weighted by Gasteiger charge is 2.10. The molecular formula is C23H19Cl2NO4. The normalized spacial score (nSPS) is 10.9. The van der Waals surface area contributed by atoms with Gasteiger partial charge >= 0.3 is 5.97 Å². The van der Waals surface area contributed by atoms with Crippen LogP contribution in [-0.4, -0.2) is 23.9 Å². The number of rotatable bonds is 8. The largest absolute Gasteiger partial charge is 0.494 e. The van der Waals surface area contributed by atoms with Gasteiger partial charge in [-0.25, -0.2) is 4.79 Å². The SMILES string of the molecule is CCOc1ccc(N=Cc2cc(Cl)c(OCc3ccc(C(=O)O)cc3)c(Cl)c2)cc1. The summed E-state index contributed by atoms with van der Waals surface area (Å²) in [6.45, 7) is 2.75. The summed E-state index contributed by atoms with van der Waals surface area (Å²) in [5.41, 5.74) is 2.52. The van der Waals surface area contributed by atoms with Crippen molar-refractivity contribution >= 4 is 41.1 Å². The van der Waals surface area contributed by atoms with Gasteiger partial charge in [-0.3, -0.25) is 4.99 Å². The van der Waals surface area contributed by atoms with Gasteiger partial charge in [-0.05, 0) is 66.6 Å². The molecule has 0 aliphatic carbocycles. The zero-order valence-corrected chi connectivity index (χ0v) is 17.7. The number of aromatic carboxylic acids is 1. The van der Waals surface area contributed by atoms with Crippen molar-refractivity contribution in [2.24, 2.45) is 4.99 Å². The molecule has 0 radical (unpaired) electrons. The van der Waals surface area contributed by atoms with Crippen LogP contribution in [0.4, 0.5) is 5.69 Å². The molecular weight excluding hydrogens is 425 g/mol. The van der Waals surface area contributed by atoms with Crippen LogP contribution in [0.2, 0.25) is 10.0 Å². The summed E-state index contributed by atoms with van der Waals surface area (Å²) in [5.74, 6) is 0.177. The molecule has 0 unspecified atom stereocenters. The number of halogens is 2. The van der Waals surface area contributed by atoms with Gasteiger partial charge in [0.05, 0.1) is 27.9 Å². The molecule has 30 heavy (non-hydrogen) atoms. The van der Waals surface area contributed by atoms with E-state index in [1.807, 2.05) is 31.2 Å². The molecule has 0 saturated carbocycles. The molecule has 3 aromatic rings. The van der Waals surface area contributed by atoms with Gasteiger partial charge in [0, 0.05) is 6.21 Å². The van der Waals surface area contributed by atoms with Crippen LogP contribution in [0, 0.1) is 0 Å². The fourth-order valence-corrected chi connectivity index (χ4v) is 3.25. The number of hydrogen-bond acceptors (Lipinski definition) is 4. The second kappa shape index (κ2) is 10.1. The number of hydrogen-bond donors (Lipinski definition) is 1. The fourth-order valence-electron chi connectivity index (χ4n) is 2.64. The molecule has 0 fully saturated rings. The zero-order chi connectivity index (χ0) is 21.5. The molecule has 0 atom stereocenters. The molecule has 0 aliphatic heterocycles. The molecule has 154 valence electrons. The van der Waals surface area contributed by atoms with E-state index in [4.69, 9.17) is 37.8 Å². The van der Waals surface area contributed by atoms with Crippen molar-refractivity contribution in [1.29, 1.82) is 0 Å². The van der Waals surface area contributed by atoms with Gasteiger partial charge in [0.2, 0.25) is 0 Å². The summed E-state index contributed by atoms with van der Waals surface area (Å²) >= 11 is 12.7. The average Bonchev–Trinajstić information content (AvgIpc) is 2.73. The maximum Gasteiger partial charge on any atom is 0.335 e. The zero-order valence-electron chi connectivity index (χ0n) is 16.1. The minimum Gasteiger partial charge on any atom is -0.494 e. The van der Waals surface area contributed by atoms with Crippen molar-refractivity contribution in [2.45, 2.75) is 13.5 Å². The van der Waals surface area contributed by atoms with Crippen LogP contribution in [0.25, 0.3) is 0 Å². The van der Waals surface area contributed by atoms with Crippen LogP contribution in [0.15, 0.2) is 65.7 Å². The highest BCUT2D eigenvalue weighted by Crippen LogP contribution is 2.34.